The van der Waals surface area contributed by atoms with Gasteiger partial charge in [-0.25, -0.2) is 13.2 Å². The van der Waals surface area contributed by atoms with Crippen molar-refractivity contribution in [1.29, 1.82) is 0 Å². The second-order valence-electron chi connectivity index (χ2n) is 2.76. The second kappa shape index (κ2) is 11.6. The molecule has 0 fully saturated rings. The van der Waals surface area contributed by atoms with Crippen LogP contribution in [0.2, 0.25) is 0 Å². The molecule has 7 heteroatoms. The van der Waals surface area contributed by atoms with E-state index in [0.29, 0.717) is 18.6 Å². The van der Waals surface area contributed by atoms with Crippen molar-refractivity contribution in [2.75, 3.05) is 12.4 Å². The number of carbonyl (C=O) groups excluding carboxylic acids is 1. The van der Waals surface area contributed by atoms with Crippen molar-refractivity contribution in [3.63, 3.8) is 0 Å². The van der Waals surface area contributed by atoms with Gasteiger partial charge in [-0.3, -0.25) is 0 Å². The molecule has 0 saturated heterocycles. The van der Waals surface area contributed by atoms with Gasteiger partial charge in [0.2, 0.25) is 0 Å². The fourth-order valence-electron chi connectivity index (χ4n) is 0.504. The normalized spacial score (nSPS) is 9.25. The van der Waals surface area contributed by atoms with Gasteiger partial charge < -0.3 is 9.29 Å². The van der Waals surface area contributed by atoms with Gasteiger partial charge in [-0.1, -0.05) is 13.5 Å². The van der Waals surface area contributed by atoms with Gasteiger partial charge in [-0.05, 0) is 20.3 Å². The summed E-state index contributed by atoms with van der Waals surface area (Å²) in [4.78, 5) is 10.4. The number of rotatable bonds is 4. The maximum atomic E-state index is 10.4. The third kappa shape index (κ3) is 19.7. The fraction of sp³-hybridized carbons (Fsp3) is 0.667. The molecule has 16 heavy (non-hydrogen) atoms. The van der Waals surface area contributed by atoms with Crippen LogP contribution in [0.5, 0.6) is 0 Å². The van der Waals surface area contributed by atoms with E-state index in [1.165, 1.54) is 0 Å². The molecule has 0 aliphatic carbocycles. The molecule has 0 unspecified atom stereocenters. The van der Waals surface area contributed by atoms with E-state index >= 15 is 0 Å². The number of carbonyl (C=O) groups is 1. The largest absolute Gasteiger partial charge is 1.00 e. The van der Waals surface area contributed by atoms with Gasteiger partial charge >= 0.3 is 35.5 Å². The van der Waals surface area contributed by atoms with Crippen LogP contribution in [-0.4, -0.2) is 31.3 Å². The molecule has 0 heterocycles. The molecule has 0 radical (unpaired) electrons. The average molecular weight is 260 g/mol. The monoisotopic (exact) mass is 260 g/mol. The molecular formula is C9H17NaO5S. The van der Waals surface area contributed by atoms with Crippen LogP contribution < -0.4 is 29.6 Å². The summed E-state index contributed by atoms with van der Waals surface area (Å²) in [5.74, 6) is -0.556. The molecular weight excluding hydrogens is 243 g/mol. The molecule has 0 rings (SSSR count). The van der Waals surface area contributed by atoms with E-state index in [9.17, 15) is 17.8 Å². The van der Waals surface area contributed by atoms with Crippen LogP contribution >= 0.6 is 0 Å². The van der Waals surface area contributed by atoms with Crippen LogP contribution in [0.3, 0.4) is 0 Å². The molecule has 0 atom stereocenters. The van der Waals surface area contributed by atoms with Crippen LogP contribution in [0.4, 0.5) is 0 Å². The molecule has 0 aromatic heterocycles. The van der Waals surface area contributed by atoms with Gasteiger partial charge in [0.05, 0.1) is 16.7 Å². The third-order valence-corrected chi connectivity index (χ3v) is 1.99. The predicted molar refractivity (Wildman–Crippen MR) is 56.3 cm³/mol. The number of esters is 1. The van der Waals surface area contributed by atoms with Crippen LogP contribution in [0.15, 0.2) is 12.2 Å². The maximum Gasteiger partial charge on any atom is 1.00 e. The van der Waals surface area contributed by atoms with Gasteiger partial charge in [0, 0.05) is 11.3 Å². The molecule has 0 aliphatic heterocycles. The zero-order chi connectivity index (χ0) is 12.5. The van der Waals surface area contributed by atoms with E-state index < -0.39 is 10.1 Å². The van der Waals surface area contributed by atoms with Crippen LogP contribution in [0, 0.1) is 0 Å². The minimum atomic E-state index is -3.92. The summed E-state index contributed by atoms with van der Waals surface area (Å²) in [6, 6.07) is 0. The molecule has 0 aromatic rings. The Kier molecular flexibility index (Phi) is 15.5. The Morgan fingerprint density at radius 1 is 1.38 bits per heavy atom. The summed E-state index contributed by atoms with van der Waals surface area (Å²) in [6.45, 7) is 8.86. The number of hydrogen-bond acceptors (Lipinski definition) is 5. The van der Waals surface area contributed by atoms with Crippen LogP contribution in [0.25, 0.3) is 0 Å². The Labute approximate surface area is 119 Å². The summed E-state index contributed by atoms with van der Waals surface area (Å²) in [7, 11) is -3.92. The van der Waals surface area contributed by atoms with E-state index in [1.54, 1.807) is 20.8 Å². The Balaban J connectivity index is -0.000000200. The Morgan fingerprint density at radius 3 is 1.88 bits per heavy atom. The first kappa shape index (κ1) is 21.4. The van der Waals surface area contributed by atoms with Crippen molar-refractivity contribution in [2.24, 2.45) is 0 Å². The maximum absolute atomic E-state index is 10.4. The first-order chi connectivity index (χ1) is 6.74. The molecule has 0 aromatic carbocycles. The molecule has 0 spiro atoms. The van der Waals surface area contributed by atoms with E-state index in [-0.39, 0.29) is 41.3 Å². The second-order valence-corrected chi connectivity index (χ2v) is 4.29. The molecule has 0 N–H and O–H groups in total. The van der Waals surface area contributed by atoms with Crippen molar-refractivity contribution in [3.05, 3.63) is 12.2 Å². The van der Waals surface area contributed by atoms with Crippen molar-refractivity contribution < 1.29 is 52.1 Å². The van der Waals surface area contributed by atoms with Gasteiger partial charge in [0.15, 0.2) is 0 Å². The average Bonchev–Trinajstić information content (AvgIpc) is 2.03. The van der Waals surface area contributed by atoms with E-state index in [4.69, 9.17) is 0 Å². The quantitative estimate of drug-likeness (QED) is 0.254. The number of ether oxygens (including phenoxy) is 1. The summed E-state index contributed by atoms with van der Waals surface area (Å²) in [5.41, 5.74) is 0.451. The Morgan fingerprint density at radius 2 is 1.81 bits per heavy atom. The molecule has 5 nitrogen and oxygen atoms in total. The minimum Gasteiger partial charge on any atom is -0.748 e. The number of hydrogen-bond donors (Lipinski definition) is 0. The molecule has 0 saturated carbocycles. The van der Waals surface area contributed by atoms with E-state index in [0.717, 1.165) is 0 Å². The smallest absolute Gasteiger partial charge is 0.748 e. The van der Waals surface area contributed by atoms with Gasteiger partial charge in [-0.15, -0.1) is 0 Å². The zero-order valence-corrected chi connectivity index (χ0v) is 13.1. The van der Waals surface area contributed by atoms with Gasteiger partial charge in [0.25, 0.3) is 0 Å². The molecule has 0 amide bonds. The van der Waals surface area contributed by atoms with Crippen LogP contribution in [0.1, 0.15) is 27.2 Å². The van der Waals surface area contributed by atoms with Crippen molar-refractivity contribution in [1.82, 2.24) is 0 Å². The minimum absolute atomic E-state index is 0. The standard InChI is InChI=1S/C6H10O2.C3H8O3S.Na/c1-4-8-6(7)5(2)3;1-2-3-7(4,5)6;/h2,4H2,1,3H3;2-3H2,1H3,(H,4,5,6);/q;;+1/p-1. The Hall–Kier alpha value is 0.120. The SMILES string of the molecule is C=C(C)C(=O)OCC.CCCS(=O)(=O)[O-].[Na+]. The first-order valence-corrected chi connectivity index (χ1v) is 6.08. The summed E-state index contributed by atoms with van der Waals surface area (Å²) >= 11 is 0. The van der Waals surface area contributed by atoms with Crippen molar-refractivity contribution in [3.8, 4) is 0 Å². The van der Waals surface area contributed by atoms with Gasteiger partial charge in [-0.2, -0.15) is 0 Å². The topological polar surface area (TPSA) is 83.5 Å². The Bertz CT molecular complexity index is 297. The van der Waals surface area contributed by atoms with Crippen molar-refractivity contribution in [2.45, 2.75) is 27.2 Å². The van der Waals surface area contributed by atoms with E-state index in [1.807, 2.05) is 0 Å². The molecule has 0 bridgehead atoms. The third-order valence-electron chi connectivity index (χ3n) is 1.08. The molecule has 90 valence electrons. The summed E-state index contributed by atoms with van der Waals surface area (Å²) < 4.78 is 33.6. The van der Waals surface area contributed by atoms with Gasteiger partial charge in [0.1, 0.15) is 0 Å². The predicted octanol–water partition coefficient (Wildman–Crippen LogP) is -1.93. The van der Waals surface area contributed by atoms with Crippen LogP contribution in [-0.2, 0) is 19.6 Å². The zero-order valence-electron chi connectivity index (χ0n) is 10.3. The summed E-state index contributed by atoms with van der Waals surface area (Å²) in [6.07, 6.45) is 0.409. The first-order valence-electron chi connectivity index (χ1n) is 4.50. The van der Waals surface area contributed by atoms with E-state index in [2.05, 4.69) is 11.3 Å². The van der Waals surface area contributed by atoms with Crippen molar-refractivity contribution >= 4 is 16.1 Å². The summed E-state index contributed by atoms with van der Waals surface area (Å²) in [5, 5.41) is 0. The molecule has 0 aliphatic rings. The fourth-order valence-corrected chi connectivity index (χ4v) is 1.00.